The quantitative estimate of drug-likeness (QED) is 0.879. The fourth-order valence-electron chi connectivity index (χ4n) is 2.58. The van der Waals surface area contributed by atoms with Gasteiger partial charge in [-0.25, -0.2) is 4.98 Å². The van der Waals surface area contributed by atoms with Crippen LogP contribution in [0.1, 0.15) is 36.6 Å². The van der Waals surface area contributed by atoms with Gasteiger partial charge in [0, 0.05) is 12.2 Å². The zero-order chi connectivity index (χ0) is 12.4. The number of nitrogens with one attached hydrogen (secondary N) is 1. The van der Waals surface area contributed by atoms with Crippen molar-refractivity contribution in [2.45, 2.75) is 32.2 Å². The van der Waals surface area contributed by atoms with E-state index in [9.17, 15) is 0 Å². The van der Waals surface area contributed by atoms with Crippen molar-refractivity contribution < 1.29 is 0 Å². The largest absolute Gasteiger partial charge is 0.309 e. The van der Waals surface area contributed by atoms with Crippen LogP contribution in [0.3, 0.4) is 0 Å². The number of aromatic nitrogens is 3. The van der Waals surface area contributed by atoms with Crippen molar-refractivity contribution in [2.24, 2.45) is 0 Å². The van der Waals surface area contributed by atoms with Crippen LogP contribution < -0.4 is 5.32 Å². The summed E-state index contributed by atoms with van der Waals surface area (Å²) in [5.74, 6) is 0. The summed E-state index contributed by atoms with van der Waals surface area (Å²) < 4.78 is 2.16. The zero-order valence-electron chi connectivity index (χ0n) is 10.6. The molecule has 0 aliphatic carbocycles. The first-order valence-corrected chi connectivity index (χ1v) is 6.53. The van der Waals surface area contributed by atoms with Gasteiger partial charge in [0.15, 0.2) is 0 Å². The molecule has 1 fully saturated rings. The second kappa shape index (κ2) is 4.90. The van der Waals surface area contributed by atoms with Crippen molar-refractivity contribution in [2.75, 3.05) is 6.54 Å². The summed E-state index contributed by atoms with van der Waals surface area (Å²) >= 11 is 0. The third-order valence-corrected chi connectivity index (χ3v) is 3.61. The molecule has 0 aromatic carbocycles. The highest BCUT2D eigenvalue weighted by Gasteiger charge is 2.19. The predicted octanol–water partition coefficient (Wildman–Crippen LogP) is 2.39. The SMILES string of the molecule is Cc1ccncc1-n1cncc1C1CCCCN1. The minimum Gasteiger partial charge on any atom is -0.309 e. The van der Waals surface area contributed by atoms with Gasteiger partial charge in [0.1, 0.15) is 0 Å². The lowest BCUT2D eigenvalue weighted by Gasteiger charge is -2.24. The van der Waals surface area contributed by atoms with E-state index in [-0.39, 0.29) is 0 Å². The number of aryl methyl sites for hydroxylation is 1. The van der Waals surface area contributed by atoms with Gasteiger partial charge in [0.25, 0.3) is 0 Å². The average Bonchev–Trinajstić information content (AvgIpc) is 2.89. The number of rotatable bonds is 2. The van der Waals surface area contributed by atoms with Gasteiger partial charge in [-0.2, -0.15) is 0 Å². The predicted molar refractivity (Wildman–Crippen MR) is 70.7 cm³/mol. The lowest BCUT2D eigenvalue weighted by molar-refractivity contribution is 0.401. The second-order valence-corrected chi connectivity index (χ2v) is 4.85. The van der Waals surface area contributed by atoms with E-state index in [0.29, 0.717) is 6.04 Å². The van der Waals surface area contributed by atoms with Crippen LogP contribution in [-0.2, 0) is 0 Å². The molecule has 1 aliphatic rings. The summed E-state index contributed by atoms with van der Waals surface area (Å²) in [5.41, 5.74) is 3.59. The second-order valence-electron chi connectivity index (χ2n) is 4.85. The van der Waals surface area contributed by atoms with Crippen LogP contribution in [0, 0.1) is 6.92 Å². The third kappa shape index (κ3) is 2.04. The summed E-state index contributed by atoms with van der Waals surface area (Å²) in [6, 6.07) is 2.45. The first kappa shape index (κ1) is 11.4. The van der Waals surface area contributed by atoms with Crippen LogP contribution in [0.4, 0.5) is 0 Å². The number of hydrogen-bond acceptors (Lipinski definition) is 3. The van der Waals surface area contributed by atoms with E-state index >= 15 is 0 Å². The Balaban J connectivity index is 1.98. The Morgan fingerprint density at radius 1 is 1.28 bits per heavy atom. The van der Waals surface area contributed by atoms with E-state index in [4.69, 9.17) is 0 Å². The van der Waals surface area contributed by atoms with E-state index in [2.05, 4.69) is 26.8 Å². The van der Waals surface area contributed by atoms with Crippen LogP contribution in [0.15, 0.2) is 31.0 Å². The van der Waals surface area contributed by atoms with Crippen LogP contribution in [0.25, 0.3) is 5.69 Å². The fraction of sp³-hybridized carbons (Fsp3) is 0.429. The molecule has 94 valence electrons. The van der Waals surface area contributed by atoms with Gasteiger partial charge in [0.2, 0.25) is 0 Å². The van der Waals surface area contributed by atoms with Gasteiger partial charge in [-0.05, 0) is 37.9 Å². The normalized spacial score (nSPS) is 19.9. The molecule has 4 nitrogen and oxygen atoms in total. The highest BCUT2D eigenvalue weighted by molar-refractivity contribution is 5.39. The molecule has 1 saturated heterocycles. The number of hydrogen-bond donors (Lipinski definition) is 1. The molecule has 2 aromatic heterocycles. The summed E-state index contributed by atoms with van der Waals surface area (Å²) in [4.78, 5) is 8.53. The lowest BCUT2D eigenvalue weighted by Crippen LogP contribution is -2.28. The van der Waals surface area contributed by atoms with Crippen molar-refractivity contribution in [3.8, 4) is 5.69 Å². The van der Waals surface area contributed by atoms with Crippen molar-refractivity contribution in [3.05, 3.63) is 42.2 Å². The lowest BCUT2D eigenvalue weighted by atomic mass is 10.0. The van der Waals surface area contributed by atoms with Crippen molar-refractivity contribution in [3.63, 3.8) is 0 Å². The van der Waals surface area contributed by atoms with E-state index in [1.54, 1.807) is 0 Å². The molecule has 3 heterocycles. The van der Waals surface area contributed by atoms with Crippen LogP contribution in [-0.4, -0.2) is 21.1 Å². The van der Waals surface area contributed by atoms with E-state index in [1.807, 2.05) is 31.0 Å². The molecular formula is C14H18N4. The Morgan fingerprint density at radius 2 is 2.22 bits per heavy atom. The molecule has 4 heteroatoms. The van der Waals surface area contributed by atoms with Gasteiger partial charge in [-0.15, -0.1) is 0 Å². The van der Waals surface area contributed by atoms with E-state index < -0.39 is 0 Å². The maximum atomic E-state index is 4.31. The van der Waals surface area contributed by atoms with Crippen LogP contribution in [0.5, 0.6) is 0 Å². The molecule has 1 unspecified atom stereocenters. The Hall–Kier alpha value is -1.68. The van der Waals surface area contributed by atoms with Gasteiger partial charge in [-0.3, -0.25) is 9.55 Å². The molecule has 18 heavy (non-hydrogen) atoms. The Morgan fingerprint density at radius 3 is 3.00 bits per heavy atom. The molecule has 0 amide bonds. The molecule has 1 aliphatic heterocycles. The summed E-state index contributed by atoms with van der Waals surface area (Å²) in [5, 5.41) is 3.57. The highest BCUT2D eigenvalue weighted by Crippen LogP contribution is 2.25. The highest BCUT2D eigenvalue weighted by atomic mass is 15.1. The first-order chi connectivity index (χ1) is 8.86. The minimum atomic E-state index is 0.417. The van der Waals surface area contributed by atoms with E-state index in [0.717, 1.165) is 12.2 Å². The topological polar surface area (TPSA) is 42.7 Å². The van der Waals surface area contributed by atoms with Crippen LogP contribution >= 0.6 is 0 Å². The Kier molecular flexibility index (Phi) is 3.11. The van der Waals surface area contributed by atoms with Gasteiger partial charge in [-0.1, -0.05) is 6.42 Å². The Labute approximate surface area is 107 Å². The molecule has 3 rings (SSSR count). The fourth-order valence-corrected chi connectivity index (χ4v) is 2.58. The summed E-state index contributed by atoms with van der Waals surface area (Å²) in [6.07, 6.45) is 11.3. The molecule has 1 atom stereocenters. The van der Waals surface area contributed by atoms with Gasteiger partial charge < -0.3 is 5.32 Å². The number of piperidine rings is 1. The maximum Gasteiger partial charge on any atom is 0.0995 e. The van der Waals surface area contributed by atoms with E-state index in [1.165, 1.54) is 30.5 Å². The van der Waals surface area contributed by atoms with Gasteiger partial charge >= 0.3 is 0 Å². The maximum absolute atomic E-state index is 4.31. The number of nitrogens with zero attached hydrogens (tertiary/aromatic N) is 3. The molecule has 0 saturated carbocycles. The number of imidazole rings is 1. The average molecular weight is 242 g/mol. The minimum absolute atomic E-state index is 0.417. The smallest absolute Gasteiger partial charge is 0.0995 e. The first-order valence-electron chi connectivity index (χ1n) is 6.53. The molecular weight excluding hydrogens is 224 g/mol. The standard InChI is InChI=1S/C14H18N4/c1-11-5-7-15-8-13(11)18-10-16-9-14(18)12-4-2-3-6-17-12/h5,7-10,12,17H,2-4,6H2,1H3. The molecule has 2 aromatic rings. The number of pyridine rings is 1. The van der Waals surface area contributed by atoms with Crippen molar-refractivity contribution in [1.29, 1.82) is 0 Å². The summed E-state index contributed by atoms with van der Waals surface area (Å²) in [7, 11) is 0. The summed E-state index contributed by atoms with van der Waals surface area (Å²) in [6.45, 7) is 3.21. The Bertz CT molecular complexity index is 526. The van der Waals surface area contributed by atoms with Crippen LogP contribution in [0.2, 0.25) is 0 Å². The monoisotopic (exact) mass is 242 g/mol. The molecule has 0 radical (unpaired) electrons. The van der Waals surface area contributed by atoms with Gasteiger partial charge in [0.05, 0.1) is 30.1 Å². The molecule has 0 spiro atoms. The molecule has 1 N–H and O–H groups in total. The van der Waals surface area contributed by atoms with Crippen molar-refractivity contribution in [1.82, 2.24) is 19.9 Å². The zero-order valence-corrected chi connectivity index (χ0v) is 10.6. The van der Waals surface area contributed by atoms with Crippen molar-refractivity contribution >= 4 is 0 Å². The third-order valence-electron chi connectivity index (χ3n) is 3.61. The molecule has 0 bridgehead atoms.